The first-order chi connectivity index (χ1) is 11.3. The number of H-pyrrole nitrogens is 1. The highest BCUT2D eigenvalue weighted by Crippen LogP contribution is 2.33. The third-order valence-corrected chi connectivity index (χ3v) is 4.33. The topological polar surface area (TPSA) is 61.0 Å². The zero-order valence-corrected chi connectivity index (χ0v) is 13.2. The van der Waals surface area contributed by atoms with Gasteiger partial charge in [-0.15, -0.1) is 0 Å². The summed E-state index contributed by atoms with van der Waals surface area (Å²) in [4.78, 5) is 21.0. The third kappa shape index (κ3) is 3.47. The summed E-state index contributed by atoms with van der Waals surface area (Å²) in [5, 5.41) is 2.72. The molecule has 1 aromatic carbocycles. The average molecular weight is 340 g/mol. The number of nitrogens with zero attached hydrogens (tertiary/aromatic N) is 2. The number of alkyl halides is 3. The molecule has 1 saturated heterocycles. The molecule has 1 aliphatic rings. The van der Waals surface area contributed by atoms with Crippen molar-refractivity contribution in [3.63, 3.8) is 0 Å². The number of imidazole rings is 1. The SMILES string of the molecule is C[C@@H](NC(=O)N1CCC[C@@H](C(F)(F)F)C1)c1nc2ccccc2[nH]1. The first-order valence-electron chi connectivity index (χ1n) is 7.91. The molecule has 3 rings (SSSR count). The molecule has 1 aromatic heterocycles. The van der Waals surface area contributed by atoms with Crippen molar-refractivity contribution in [2.45, 2.75) is 32.0 Å². The lowest BCUT2D eigenvalue weighted by Gasteiger charge is -2.34. The van der Waals surface area contributed by atoms with Gasteiger partial charge in [0.2, 0.25) is 0 Å². The average Bonchev–Trinajstić information content (AvgIpc) is 2.98. The first kappa shape index (κ1) is 16.6. The van der Waals surface area contributed by atoms with Crippen molar-refractivity contribution in [3.05, 3.63) is 30.1 Å². The molecule has 0 radical (unpaired) electrons. The Hall–Kier alpha value is -2.25. The number of aromatic amines is 1. The van der Waals surface area contributed by atoms with E-state index in [2.05, 4.69) is 15.3 Å². The minimum absolute atomic E-state index is 0.0758. The van der Waals surface area contributed by atoms with E-state index in [1.807, 2.05) is 24.3 Å². The number of para-hydroxylation sites is 2. The molecule has 24 heavy (non-hydrogen) atoms. The number of rotatable bonds is 2. The fourth-order valence-corrected chi connectivity index (χ4v) is 2.95. The summed E-state index contributed by atoms with van der Waals surface area (Å²) in [6.45, 7) is 1.80. The van der Waals surface area contributed by atoms with E-state index in [-0.39, 0.29) is 13.0 Å². The zero-order valence-electron chi connectivity index (χ0n) is 13.2. The van der Waals surface area contributed by atoms with Gasteiger partial charge in [0, 0.05) is 13.1 Å². The van der Waals surface area contributed by atoms with Gasteiger partial charge in [0.05, 0.1) is 23.0 Å². The highest BCUT2D eigenvalue weighted by Gasteiger charge is 2.42. The van der Waals surface area contributed by atoms with Crippen molar-refractivity contribution in [2.24, 2.45) is 5.92 Å². The van der Waals surface area contributed by atoms with E-state index >= 15 is 0 Å². The second-order valence-electron chi connectivity index (χ2n) is 6.14. The van der Waals surface area contributed by atoms with Gasteiger partial charge >= 0.3 is 12.2 Å². The van der Waals surface area contributed by atoms with Crippen LogP contribution in [-0.2, 0) is 0 Å². The lowest BCUT2D eigenvalue weighted by Crippen LogP contribution is -2.49. The summed E-state index contributed by atoms with van der Waals surface area (Å²) >= 11 is 0. The van der Waals surface area contributed by atoms with Gasteiger partial charge in [-0.25, -0.2) is 9.78 Å². The molecule has 5 nitrogen and oxygen atoms in total. The molecule has 2 N–H and O–H groups in total. The molecule has 0 saturated carbocycles. The maximum atomic E-state index is 12.9. The number of amides is 2. The molecule has 0 unspecified atom stereocenters. The van der Waals surface area contributed by atoms with Crippen LogP contribution in [0.15, 0.2) is 24.3 Å². The van der Waals surface area contributed by atoms with Crippen LogP contribution in [0, 0.1) is 5.92 Å². The molecule has 1 aliphatic heterocycles. The van der Waals surface area contributed by atoms with Crippen LogP contribution in [0.5, 0.6) is 0 Å². The Kier molecular flexibility index (Phi) is 4.38. The summed E-state index contributed by atoms with van der Waals surface area (Å²) in [6.07, 6.45) is -3.83. The Balaban J connectivity index is 1.65. The summed E-state index contributed by atoms with van der Waals surface area (Å²) in [5.41, 5.74) is 1.63. The van der Waals surface area contributed by atoms with Crippen molar-refractivity contribution in [3.8, 4) is 0 Å². The lowest BCUT2D eigenvalue weighted by atomic mass is 9.98. The number of carbonyl (C=O) groups excluding carboxylic acids is 1. The minimum atomic E-state index is -4.26. The predicted octanol–water partition coefficient (Wildman–Crippen LogP) is 3.61. The van der Waals surface area contributed by atoms with Gasteiger partial charge in [-0.05, 0) is 31.9 Å². The van der Waals surface area contributed by atoms with Gasteiger partial charge in [-0.1, -0.05) is 12.1 Å². The van der Waals surface area contributed by atoms with Crippen LogP contribution in [0.25, 0.3) is 11.0 Å². The minimum Gasteiger partial charge on any atom is -0.340 e. The second-order valence-corrected chi connectivity index (χ2v) is 6.14. The molecule has 0 spiro atoms. The number of carbonyl (C=O) groups is 1. The quantitative estimate of drug-likeness (QED) is 0.877. The molecule has 0 aliphatic carbocycles. The summed E-state index contributed by atoms with van der Waals surface area (Å²) in [5.74, 6) is -0.868. The van der Waals surface area contributed by atoms with Crippen molar-refractivity contribution in [2.75, 3.05) is 13.1 Å². The number of hydrogen-bond acceptors (Lipinski definition) is 2. The normalized spacial score (nSPS) is 20.2. The van der Waals surface area contributed by atoms with Gasteiger partial charge in [0.15, 0.2) is 0 Å². The zero-order chi connectivity index (χ0) is 17.3. The second kappa shape index (κ2) is 6.33. The number of urea groups is 1. The number of fused-ring (bicyclic) bond motifs is 1. The monoisotopic (exact) mass is 340 g/mol. The van der Waals surface area contributed by atoms with Gasteiger partial charge in [0.1, 0.15) is 5.82 Å². The van der Waals surface area contributed by atoms with E-state index in [0.29, 0.717) is 18.8 Å². The fraction of sp³-hybridized carbons (Fsp3) is 0.500. The van der Waals surface area contributed by atoms with Crippen LogP contribution in [0.3, 0.4) is 0 Å². The predicted molar refractivity (Wildman–Crippen MR) is 83.4 cm³/mol. The summed E-state index contributed by atoms with van der Waals surface area (Å²) in [7, 11) is 0. The Bertz CT molecular complexity index is 694. The highest BCUT2D eigenvalue weighted by molar-refractivity contribution is 5.76. The van der Waals surface area contributed by atoms with Crippen molar-refractivity contribution in [1.82, 2.24) is 20.2 Å². The van der Waals surface area contributed by atoms with Crippen molar-refractivity contribution < 1.29 is 18.0 Å². The van der Waals surface area contributed by atoms with E-state index < -0.39 is 24.2 Å². The summed E-state index contributed by atoms with van der Waals surface area (Å²) < 4.78 is 38.6. The van der Waals surface area contributed by atoms with Gasteiger partial charge < -0.3 is 15.2 Å². The lowest BCUT2D eigenvalue weighted by molar-refractivity contribution is -0.184. The smallest absolute Gasteiger partial charge is 0.340 e. The first-order valence-corrected chi connectivity index (χ1v) is 7.91. The van der Waals surface area contributed by atoms with Crippen LogP contribution in [-0.4, -0.2) is 40.2 Å². The highest BCUT2D eigenvalue weighted by atomic mass is 19.4. The Morgan fingerprint density at radius 3 is 2.88 bits per heavy atom. The Morgan fingerprint density at radius 2 is 2.17 bits per heavy atom. The molecule has 0 bridgehead atoms. The maximum absolute atomic E-state index is 12.9. The number of piperidine rings is 1. The van der Waals surface area contributed by atoms with Crippen LogP contribution in [0.4, 0.5) is 18.0 Å². The van der Waals surface area contributed by atoms with Crippen LogP contribution >= 0.6 is 0 Å². The van der Waals surface area contributed by atoms with E-state index in [1.165, 1.54) is 4.90 Å². The molecule has 2 heterocycles. The van der Waals surface area contributed by atoms with Crippen molar-refractivity contribution >= 4 is 17.1 Å². The Labute approximate surface area is 137 Å². The third-order valence-electron chi connectivity index (χ3n) is 4.33. The fourth-order valence-electron chi connectivity index (χ4n) is 2.95. The molecule has 130 valence electrons. The van der Waals surface area contributed by atoms with E-state index in [9.17, 15) is 18.0 Å². The van der Waals surface area contributed by atoms with Crippen molar-refractivity contribution in [1.29, 1.82) is 0 Å². The van der Waals surface area contributed by atoms with Crippen LogP contribution < -0.4 is 5.32 Å². The molecule has 2 amide bonds. The molecule has 2 atom stereocenters. The van der Waals surface area contributed by atoms with E-state index in [4.69, 9.17) is 0 Å². The number of nitrogens with one attached hydrogen (secondary N) is 2. The van der Waals surface area contributed by atoms with Gasteiger partial charge in [-0.3, -0.25) is 0 Å². The van der Waals surface area contributed by atoms with Crippen LogP contribution in [0.2, 0.25) is 0 Å². The van der Waals surface area contributed by atoms with E-state index in [1.54, 1.807) is 6.92 Å². The molecular weight excluding hydrogens is 321 g/mol. The number of hydrogen-bond donors (Lipinski definition) is 2. The van der Waals surface area contributed by atoms with Crippen LogP contribution in [0.1, 0.15) is 31.6 Å². The number of likely N-dealkylation sites (tertiary alicyclic amines) is 1. The maximum Gasteiger partial charge on any atom is 0.393 e. The molecule has 2 aromatic rings. The number of halogens is 3. The standard InChI is InChI=1S/C16H19F3N4O/c1-10(14-21-12-6-2-3-7-13(12)22-14)20-15(24)23-8-4-5-11(9-23)16(17,18)19/h2-3,6-7,10-11H,4-5,8-9H2,1H3,(H,20,24)(H,21,22)/t10-,11-/m1/s1. The summed E-state index contributed by atoms with van der Waals surface area (Å²) in [6, 6.07) is 6.55. The molecule has 8 heteroatoms. The number of benzene rings is 1. The number of aromatic nitrogens is 2. The molecular formula is C16H19F3N4O. The van der Waals surface area contributed by atoms with Gasteiger partial charge in [-0.2, -0.15) is 13.2 Å². The largest absolute Gasteiger partial charge is 0.393 e. The Morgan fingerprint density at radius 1 is 1.42 bits per heavy atom. The molecule has 1 fully saturated rings. The van der Waals surface area contributed by atoms with Gasteiger partial charge in [0.25, 0.3) is 0 Å². The van der Waals surface area contributed by atoms with E-state index in [0.717, 1.165) is 11.0 Å².